The van der Waals surface area contributed by atoms with Gasteiger partial charge in [-0.05, 0) is 24.3 Å². The molecule has 0 saturated heterocycles. The molecule has 0 saturated carbocycles. The van der Waals surface area contributed by atoms with Gasteiger partial charge in [-0.25, -0.2) is 26.9 Å². The summed E-state index contributed by atoms with van der Waals surface area (Å²) in [5.41, 5.74) is 5.88. The van der Waals surface area contributed by atoms with Gasteiger partial charge in [0.25, 0.3) is 0 Å². The summed E-state index contributed by atoms with van der Waals surface area (Å²) >= 11 is 5.88. The van der Waals surface area contributed by atoms with E-state index in [9.17, 15) is 22.0 Å². The van der Waals surface area contributed by atoms with Crippen LogP contribution in [-0.2, 0) is 0 Å². The van der Waals surface area contributed by atoms with E-state index in [4.69, 9.17) is 17.3 Å². The molecule has 0 heterocycles. The number of halogens is 6. The third kappa shape index (κ3) is 3.76. The van der Waals surface area contributed by atoms with E-state index in [0.29, 0.717) is 17.4 Å². The first-order valence-corrected chi connectivity index (χ1v) is 7.38. The highest BCUT2D eigenvalue weighted by Gasteiger charge is 2.26. The molecule has 122 valence electrons. The smallest absolute Gasteiger partial charge is 0.200 e. The predicted molar refractivity (Wildman–Crippen MR) is 78.8 cm³/mol. The molecule has 9 heteroatoms. The van der Waals surface area contributed by atoms with Gasteiger partial charge in [-0.3, -0.25) is 0 Å². The van der Waals surface area contributed by atoms with Crippen molar-refractivity contribution in [3.05, 3.63) is 53.4 Å². The Morgan fingerprint density at radius 3 is 1.87 bits per heavy atom. The first-order valence-electron chi connectivity index (χ1n) is 6.03. The SMILES string of the molecule is NC(CCl)=Nc1ccc(Sc2c(F)c(F)c(F)c(F)c2F)cc1. The number of nitrogens with two attached hydrogens (primary N) is 1. The van der Waals surface area contributed by atoms with Gasteiger partial charge in [0.2, 0.25) is 5.82 Å². The number of hydrogen-bond acceptors (Lipinski definition) is 2. The molecule has 23 heavy (non-hydrogen) atoms. The zero-order valence-electron chi connectivity index (χ0n) is 11.2. The summed E-state index contributed by atoms with van der Waals surface area (Å²) in [7, 11) is 0. The van der Waals surface area contributed by atoms with Gasteiger partial charge in [0, 0.05) is 4.90 Å². The molecule has 0 bridgehead atoms. The molecule has 0 radical (unpaired) electrons. The molecule has 2 rings (SSSR count). The Morgan fingerprint density at radius 1 is 0.913 bits per heavy atom. The van der Waals surface area contributed by atoms with Gasteiger partial charge in [0.15, 0.2) is 23.3 Å². The molecular weight excluding hydrogens is 359 g/mol. The molecule has 0 spiro atoms. The average Bonchev–Trinajstić information content (AvgIpc) is 2.56. The van der Waals surface area contributed by atoms with E-state index in [-0.39, 0.29) is 16.6 Å². The Hall–Kier alpha value is -1.80. The molecule has 0 aliphatic heterocycles. The van der Waals surface area contributed by atoms with Gasteiger partial charge in [0.05, 0.1) is 16.5 Å². The van der Waals surface area contributed by atoms with Crippen molar-refractivity contribution in [3.63, 3.8) is 0 Å². The van der Waals surface area contributed by atoms with E-state index in [1.165, 1.54) is 24.3 Å². The maximum Gasteiger partial charge on any atom is 0.200 e. The molecule has 0 aliphatic carbocycles. The maximum absolute atomic E-state index is 13.6. The maximum atomic E-state index is 13.6. The summed E-state index contributed by atoms with van der Waals surface area (Å²) in [6, 6.07) is 5.74. The highest BCUT2D eigenvalue weighted by atomic mass is 35.5. The summed E-state index contributed by atoms with van der Waals surface area (Å²) in [5, 5.41) is 0. The number of amidine groups is 1. The lowest BCUT2D eigenvalue weighted by atomic mass is 10.3. The third-order valence-electron chi connectivity index (χ3n) is 2.64. The standard InChI is InChI=1S/C14H8ClF5N2S/c15-5-8(21)22-6-1-3-7(4-2-6)23-14-12(19)10(17)9(16)11(18)13(14)20/h1-4H,5H2,(H2,21,22). The van der Waals surface area contributed by atoms with Crippen LogP contribution in [0.1, 0.15) is 0 Å². The predicted octanol–water partition coefficient (Wildman–Crippen LogP) is 4.76. The molecule has 0 unspecified atom stereocenters. The first-order chi connectivity index (χ1) is 10.8. The van der Waals surface area contributed by atoms with Crippen LogP contribution in [0.5, 0.6) is 0 Å². The molecule has 0 atom stereocenters. The van der Waals surface area contributed by atoms with Crippen LogP contribution in [0, 0.1) is 29.1 Å². The molecule has 2 nitrogen and oxygen atoms in total. The van der Waals surface area contributed by atoms with E-state index in [0.717, 1.165) is 0 Å². The van der Waals surface area contributed by atoms with Crippen molar-refractivity contribution < 1.29 is 22.0 Å². The molecular formula is C14H8ClF5N2S. The lowest BCUT2D eigenvalue weighted by Gasteiger charge is -2.08. The lowest BCUT2D eigenvalue weighted by molar-refractivity contribution is 0.361. The fourth-order valence-electron chi connectivity index (χ4n) is 1.58. The molecule has 2 N–H and O–H groups in total. The monoisotopic (exact) mass is 366 g/mol. The van der Waals surface area contributed by atoms with Gasteiger partial charge in [-0.15, -0.1) is 11.6 Å². The zero-order chi connectivity index (χ0) is 17.1. The van der Waals surface area contributed by atoms with Crippen molar-refractivity contribution in [1.82, 2.24) is 0 Å². The number of rotatable bonds is 4. The summed E-state index contributed by atoms with van der Waals surface area (Å²) < 4.78 is 66.4. The molecule has 2 aromatic rings. The normalized spacial score (nSPS) is 11.8. The minimum Gasteiger partial charge on any atom is -0.386 e. The fraction of sp³-hybridized carbons (Fsp3) is 0.0714. The van der Waals surface area contributed by atoms with E-state index < -0.39 is 34.0 Å². The first kappa shape index (κ1) is 17.6. The van der Waals surface area contributed by atoms with Crippen LogP contribution >= 0.6 is 23.4 Å². The highest BCUT2D eigenvalue weighted by Crippen LogP contribution is 2.36. The summed E-state index contributed by atoms with van der Waals surface area (Å²) in [4.78, 5) is 3.22. The third-order valence-corrected chi connectivity index (χ3v) is 3.98. The number of aliphatic imine (C=N–C) groups is 1. The number of hydrogen-bond donors (Lipinski definition) is 1. The lowest BCUT2D eigenvalue weighted by Crippen LogP contribution is -2.12. The zero-order valence-corrected chi connectivity index (χ0v) is 12.8. The second-order valence-electron chi connectivity index (χ2n) is 4.23. The summed E-state index contributed by atoms with van der Waals surface area (Å²) in [5.74, 6) is -9.71. The van der Waals surface area contributed by atoms with Crippen molar-refractivity contribution in [1.29, 1.82) is 0 Å². The second kappa shape index (κ2) is 7.18. The van der Waals surface area contributed by atoms with Gasteiger partial charge in [-0.2, -0.15) is 0 Å². The Labute approximate surface area is 137 Å². The van der Waals surface area contributed by atoms with E-state index in [2.05, 4.69) is 4.99 Å². The topological polar surface area (TPSA) is 38.4 Å². The van der Waals surface area contributed by atoms with Crippen molar-refractivity contribution >= 4 is 34.9 Å². The Balaban J connectivity index is 2.34. The van der Waals surface area contributed by atoms with Crippen LogP contribution < -0.4 is 5.73 Å². The summed E-state index contributed by atoms with van der Waals surface area (Å²) in [6.07, 6.45) is 0. The Morgan fingerprint density at radius 2 is 1.39 bits per heavy atom. The van der Waals surface area contributed by atoms with Crippen molar-refractivity contribution in [3.8, 4) is 0 Å². The summed E-state index contributed by atoms with van der Waals surface area (Å²) in [6.45, 7) is 0. The van der Waals surface area contributed by atoms with Gasteiger partial charge >= 0.3 is 0 Å². The van der Waals surface area contributed by atoms with Crippen LogP contribution in [0.4, 0.5) is 27.6 Å². The van der Waals surface area contributed by atoms with Crippen LogP contribution in [-0.4, -0.2) is 11.7 Å². The molecule has 0 aromatic heterocycles. The van der Waals surface area contributed by atoms with Crippen LogP contribution in [0.25, 0.3) is 0 Å². The van der Waals surface area contributed by atoms with E-state index in [1.807, 2.05) is 0 Å². The van der Waals surface area contributed by atoms with Gasteiger partial charge < -0.3 is 5.73 Å². The number of nitrogens with zero attached hydrogens (tertiary/aromatic N) is 1. The number of benzene rings is 2. The van der Waals surface area contributed by atoms with Crippen molar-refractivity contribution in [2.24, 2.45) is 10.7 Å². The minimum atomic E-state index is -2.19. The van der Waals surface area contributed by atoms with Crippen molar-refractivity contribution in [2.75, 3.05) is 5.88 Å². The number of alkyl halides is 1. The molecule has 2 aromatic carbocycles. The quantitative estimate of drug-likeness (QED) is 0.211. The largest absolute Gasteiger partial charge is 0.386 e. The fourth-order valence-corrected chi connectivity index (χ4v) is 2.50. The second-order valence-corrected chi connectivity index (χ2v) is 5.58. The van der Waals surface area contributed by atoms with E-state index >= 15 is 0 Å². The Kier molecular flexibility index (Phi) is 5.48. The highest BCUT2D eigenvalue weighted by molar-refractivity contribution is 7.99. The van der Waals surface area contributed by atoms with E-state index in [1.54, 1.807) is 0 Å². The average molecular weight is 367 g/mol. The van der Waals surface area contributed by atoms with Gasteiger partial charge in [-0.1, -0.05) is 11.8 Å². The minimum absolute atomic E-state index is 0.0288. The Bertz CT molecular complexity index is 736. The van der Waals surface area contributed by atoms with Crippen LogP contribution in [0.15, 0.2) is 39.0 Å². The molecule has 0 aliphatic rings. The molecule has 0 fully saturated rings. The van der Waals surface area contributed by atoms with Crippen molar-refractivity contribution in [2.45, 2.75) is 9.79 Å². The van der Waals surface area contributed by atoms with Crippen LogP contribution in [0.3, 0.4) is 0 Å². The van der Waals surface area contributed by atoms with Crippen LogP contribution in [0.2, 0.25) is 0 Å². The van der Waals surface area contributed by atoms with Gasteiger partial charge in [0.1, 0.15) is 5.84 Å². The molecule has 0 amide bonds.